The van der Waals surface area contributed by atoms with Crippen molar-refractivity contribution in [3.8, 4) is 0 Å². The Hall–Kier alpha value is -2.17. The Kier molecular flexibility index (Phi) is 6.97. The van der Waals surface area contributed by atoms with Crippen LogP contribution in [0.25, 0.3) is 0 Å². The van der Waals surface area contributed by atoms with Crippen molar-refractivity contribution in [3.63, 3.8) is 0 Å². The number of piperazine rings is 1. The van der Waals surface area contributed by atoms with Crippen molar-refractivity contribution in [3.05, 3.63) is 18.2 Å². The van der Waals surface area contributed by atoms with Crippen molar-refractivity contribution in [2.45, 2.75) is 44.0 Å². The van der Waals surface area contributed by atoms with Gasteiger partial charge in [-0.05, 0) is 44.5 Å². The Morgan fingerprint density at radius 2 is 1.73 bits per heavy atom. The van der Waals surface area contributed by atoms with E-state index < -0.39 is 10.0 Å². The highest BCUT2D eigenvalue weighted by Crippen LogP contribution is 2.41. The molecule has 3 aliphatic heterocycles. The Balaban J connectivity index is 1.71. The fourth-order valence-electron chi connectivity index (χ4n) is 5.06. The molecule has 2 amide bonds. The summed E-state index contributed by atoms with van der Waals surface area (Å²) in [5, 5.41) is 0. The van der Waals surface area contributed by atoms with Crippen LogP contribution in [0.2, 0.25) is 0 Å². The second kappa shape index (κ2) is 9.60. The number of anilines is 2. The Morgan fingerprint density at radius 3 is 2.39 bits per heavy atom. The van der Waals surface area contributed by atoms with E-state index >= 15 is 0 Å². The molecule has 0 aromatic heterocycles. The molecule has 1 unspecified atom stereocenters. The average molecular weight is 478 g/mol. The van der Waals surface area contributed by atoms with Crippen molar-refractivity contribution in [2.24, 2.45) is 0 Å². The van der Waals surface area contributed by atoms with Gasteiger partial charge >= 0.3 is 0 Å². The molecular weight excluding hydrogens is 442 g/mol. The Labute approximate surface area is 197 Å². The summed E-state index contributed by atoms with van der Waals surface area (Å²) in [6.45, 7) is 7.93. The number of hydrogen-bond donors (Lipinski definition) is 0. The number of amides is 2. The van der Waals surface area contributed by atoms with Crippen LogP contribution in [0.15, 0.2) is 23.1 Å². The molecule has 9 nitrogen and oxygen atoms in total. The van der Waals surface area contributed by atoms with Gasteiger partial charge in [0.15, 0.2) is 0 Å². The monoisotopic (exact) mass is 477 g/mol. The fraction of sp³-hybridized carbons (Fsp3) is 0.652. The summed E-state index contributed by atoms with van der Waals surface area (Å²) < 4.78 is 27.8. The van der Waals surface area contributed by atoms with Gasteiger partial charge in [0.25, 0.3) is 0 Å². The number of sulfonamides is 1. The van der Waals surface area contributed by atoms with Crippen LogP contribution in [0.3, 0.4) is 0 Å². The molecule has 2 saturated heterocycles. The molecule has 0 N–H and O–H groups in total. The summed E-state index contributed by atoms with van der Waals surface area (Å²) in [6.07, 6.45) is 2.71. The van der Waals surface area contributed by atoms with Crippen LogP contribution in [0.5, 0.6) is 0 Å². The van der Waals surface area contributed by atoms with E-state index in [1.807, 2.05) is 27.0 Å². The largest absolute Gasteiger partial charge is 0.358 e. The number of carbonyl (C=O) groups excluding carboxylic acids is 2. The predicted molar refractivity (Wildman–Crippen MR) is 128 cm³/mol. The minimum absolute atomic E-state index is 0.0609. The standard InChI is InChI=1S/C23H35N5O4S/c1-4-26(5-2)33(31,32)18-9-10-19-21(16-18)28(23(30)20-8-6-7-11-27(19)20)17-22(29)25-14-12-24(3)13-15-25/h9-10,16,20H,4-8,11-15,17H2,1-3H3. The summed E-state index contributed by atoms with van der Waals surface area (Å²) in [5.41, 5.74) is 1.36. The lowest BCUT2D eigenvalue weighted by Crippen LogP contribution is -2.58. The molecule has 0 spiro atoms. The van der Waals surface area contributed by atoms with Crippen LogP contribution in [-0.2, 0) is 19.6 Å². The molecule has 33 heavy (non-hydrogen) atoms. The van der Waals surface area contributed by atoms with Crippen LogP contribution in [-0.4, -0.2) is 99.8 Å². The van der Waals surface area contributed by atoms with E-state index in [-0.39, 0.29) is 29.3 Å². The quantitative estimate of drug-likeness (QED) is 0.612. The third kappa shape index (κ3) is 4.48. The van der Waals surface area contributed by atoms with Gasteiger partial charge in [0.05, 0.1) is 16.3 Å². The number of rotatable bonds is 6. The maximum Gasteiger partial charge on any atom is 0.250 e. The summed E-state index contributed by atoms with van der Waals surface area (Å²) in [7, 11) is -1.65. The lowest BCUT2D eigenvalue weighted by Gasteiger charge is -2.45. The van der Waals surface area contributed by atoms with Crippen molar-refractivity contribution in [2.75, 3.05) is 69.2 Å². The van der Waals surface area contributed by atoms with Gasteiger partial charge in [-0.3, -0.25) is 14.5 Å². The number of benzene rings is 1. The molecule has 0 aliphatic carbocycles. The molecule has 1 aromatic rings. The Bertz CT molecular complexity index is 1000. The smallest absolute Gasteiger partial charge is 0.250 e. The maximum absolute atomic E-state index is 13.5. The number of fused-ring (bicyclic) bond motifs is 3. The molecule has 0 saturated carbocycles. The van der Waals surface area contributed by atoms with E-state index in [1.165, 1.54) is 9.21 Å². The second-order valence-electron chi connectivity index (χ2n) is 9.05. The SMILES string of the molecule is CCN(CC)S(=O)(=O)c1ccc2c(c1)N(CC(=O)N1CCN(C)CC1)C(=O)C1CCCCN21. The van der Waals surface area contributed by atoms with E-state index in [2.05, 4.69) is 9.80 Å². The number of likely N-dealkylation sites (N-methyl/N-ethyl adjacent to an activating group) is 1. The molecule has 1 atom stereocenters. The lowest BCUT2D eigenvalue weighted by molar-refractivity contribution is -0.133. The van der Waals surface area contributed by atoms with Crippen molar-refractivity contribution in [1.82, 2.24) is 14.1 Å². The van der Waals surface area contributed by atoms with Crippen LogP contribution < -0.4 is 9.80 Å². The van der Waals surface area contributed by atoms with Crippen molar-refractivity contribution < 1.29 is 18.0 Å². The van der Waals surface area contributed by atoms with E-state index in [4.69, 9.17) is 0 Å². The summed E-state index contributed by atoms with van der Waals surface area (Å²) in [5.74, 6) is -0.203. The van der Waals surface area contributed by atoms with Crippen LogP contribution in [0, 0.1) is 0 Å². The molecule has 0 radical (unpaired) electrons. The molecule has 3 heterocycles. The maximum atomic E-state index is 13.5. The highest BCUT2D eigenvalue weighted by molar-refractivity contribution is 7.89. The molecule has 10 heteroatoms. The first kappa shape index (κ1) is 24.0. The number of piperidine rings is 1. The highest BCUT2D eigenvalue weighted by atomic mass is 32.2. The molecule has 1 aromatic carbocycles. The molecule has 182 valence electrons. The third-order valence-electron chi connectivity index (χ3n) is 7.09. The number of nitrogens with zero attached hydrogens (tertiary/aromatic N) is 5. The summed E-state index contributed by atoms with van der Waals surface area (Å²) >= 11 is 0. The first-order valence-corrected chi connectivity index (χ1v) is 13.4. The van der Waals surface area contributed by atoms with E-state index in [0.29, 0.717) is 31.9 Å². The topological polar surface area (TPSA) is 84.5 Å². The molecular formula is C23H35N5O4S. The minimum atomic E-state index is -3.68. The molecule has 2 fully saturated rings. The summed E-state index contributed by atoms with van der Waals surface area (Å²) in [6, 6.07) is 4.73. The van der Waals surface area contributed by atoms with E-state index in [1.54, 1.807) is 17.0 Å². The third-order valence-corrected chi connectivity index (χ3v) is 9.14. The first-order valence-electron chi connectivity index (χ1n) is 12.0. The van der Waals surface area contributed by atoms with Gasteiger partial charge in [-0.25, -0.2) is 8.42 Å². The highest BCUT2D eigenvalue weighted by Gasteiger charge is 2.41. The van der Waals surface area contributed by atoms with Crippen LogP contribution >= 0.6 is 0 Å². The zero-order valence-corrected chi connectivity index (χ0v) is 20.7. The molecule has 0 bridgehead atoms. The predicted octanol–water partition coefficient (Wildman–Crippen LogP) is 1.20. The molecule has 4 rings (SSSR count). The van der Waals surface area contributed by atoms with Crippen LogP contribution in [0.1, 0.15) is 33.1 Å². The van der Waals surface area contributed by atoms with Gasteiger partial charge in [0.1, 0.15) is 12.6 Å². The normalized spacial score (nSPS) is 21.9. The number of carbonyl (C=O) groups is 2. The van der Waals surface area contributed by atoms with Gasteiger partial charge in [-0.15, -0.1) is 0 Å². The van der Waals surface area contributed by atoms with Gasteiger partial charge < -0.3 is 14.7 Å². The van der Waals surface area contributed by atoms with E-state index in [9.17, 15) is 18.0 Å². The minimum Gasteiger partial charge on any atom is -0.358 e. The van der Waals surface area contributed by atoms with Gasteiger partial charge in [0, 0.05) is 45.8 Å². The van der Waals surface area contributed by atoms with Crippen molar-refractivity contribution in [1.29, 1.82) is 0 Å². The van der Waals surface area contributed by atoms with E-state index in [0.717, 1.165) is 44.6 Å². The van der Waals surface area contributed by atoms with Gasteiger partial charge in [-0.1, -0.05) is 13.8 Å². The van der Waals surface area contributed by atoms with Gasteiger partial charge in [-0.2, -0.15) is 4.31 Å². The zero-order chi connectivity index (χ0) is 23.8. The summed E-state index contributed by atoms with van der Waals surface area (Å²) in [4.78, 5) is 34.4. The fourth-order valence-corrected chi connectivity index (χ4v) is 6.54. The van der Waals surface area contributed by atoms with Crippen molar-refractivity contribution >= 4 is 33.2 Å². The van der Waals surface area contributed by atoms with Gasteiger partial charge in [0.2, 0.25) is 21.8 Å². The Morgan fingerprint density at radius 1 is 1.03 bits per heavy atom. The number of hydrogen-bond acceptors (Lipinski definition) is 6. The first-order chi connectivity index (χ1) is 15.8. The van der Waals surface area contributed by atoms with Crippen LogP contribution in [0.4, 0.5) is 11.4 Å². The zero-order valence-electron chi connectivity index (χ0n) is 19.9. The molecule has 3 aliphatic rings. The lowest BCUT2D eigenvalue weighted by atomic mass is 9.96. The average Bonchev–Trinajstić information content (AvgIpc) is 2.82. The second-order valence-corrected chi connectivity index (χ2v) is 11.0.